The molecule has 1 aliphatic heterocycles. The fraction of sp³-hybridized carbons (Fsp3) is 0.667. The van der Waals surface area contributed by atoms with Crippen LogP contribution in [0.5, 0.6) is 0 Å². The van der Waals surface area contributed by atoms with Gasteiger partial charge in [-0.15, -0.1) is 36.2 Å². The van der Waals surface area contributed by atoms with E-state index in [4.69, 9.17) is 0 Å². The highest BCUT2D eigenvalue weighted by molar-refractivity contribution is 7.10. The van der Waals surface area contributed by atoms with Gasteiger partial charge in [-0.2, -0.15) is 0 Å². The fourth-order valence-electron chi connectivity index (χ4n) is 2.53. The third-order valence-electron chi connectivity index (χ3n) is 3.53. The number of hydrogen-bond acceptors (Lipinski definition) is 3. The van der Waals surface area contributed by atoms with Gasteiger partial charge in [-0.3, -0.25) is 0 Å². The van der Waals surface area contributed by atoms with Crippen LogP contribution in [-0.4, -0.2) is 37.6 Å². The van der Waals surface area contributed by atoms with Crippen LogP contribution in [0, 0.1) is 5.92 Å². The molecule has 2 atom stereocenters. The van der Waals surface area contributed by atoms with Crippen LogP contribution < -0.4 is 5.32 Å². The summed E-state index contributed by atoms with van der Waals surface area (Å²) in [4.78, 5) is 4.23. The lowest BCUT2D eigenvalue weighted by atomic mass is 10.2. The van der Waals surface area contributed by atoms with Gasteiger partial charge in [-0.25, -0.2) is 0 Å². The molecule has 0 radical (unpaired) electrons. The maximum absolute atomic E-state index is 3.41. The molecule has 0 aromatic carbocycles. The Balaban J connectivity index is 0.000000722. The van der Waals surface area contributed by atoms with Crippen molar-refractivity contribution < 1.29 is 0 Å². The van der Waals surface area contributed by atoms with Crippen molar-refractivity contribution in [2.45, 2.75) is 12.3 Å². The monoisotopic (exact) mass is 294 g/mol. The van der Waals surface area contributed by atoms with Crippen molar-refractivity contribution >= 4 is 36.2 Å². The Morgan fingerprint density at radius 3 is 2.71 bits per heavy atom. The predicted octanol–water partition coefficient (Wildman–Crippen LogP) is 2.60. The van der Waals surface area contributed by atoms with Crippen LogP contribution in [0.25, 0.3) is 0 Å². The Bertz CT molecular complexity index is 312. The molecule has 2 aliphatic rings. The molecule has 1 saturated carbocycles. The molecule has 2 heterocycles. The summed E-state index contributed by atoms with van der Waals surface area (Å²) < 4.78 is 0. The summed E-state index contributed by atoms with van der Waals surface area (Å²) in [6, 6.07) is 4.48. The SMILES string of the molecule is Cl.Cl.c1csc(C2CC2CN2CCNCC2)c1. The highest BCUT2D eigenvalue weighted by atomic mass is 35.5. The molecule has 2 nitrogen and oxygen atoms in total. The molecule has 1 N–H and O–H groups in total. The van der Waals surface area contributed by atoms with Crippen molar-refractivity contribution in [3.63, 3.8) is 0 Å². The molecular weight excluding hydrogens is 275 g/mol. The van der Waals surface area contributed by atoms with E-state index >= 15 is 0 Å². The summed E-state index contributed by atoms with van der Waals surface area (Å²) in [7, 11) is 0. The van der Waals surface area contributed by atoms with Gasteiger partial charge >= 0.3 is 0 Å². The molecule has 2 fully saturated rings. The Kier molecular flexibility index (Phi) is 6.24. The average Bonchev–Trinajstić information content (AvgIpc) is 2.82. The third kappa shape index (κ3) is 3.83. The first-order chi connectivity index (χ1) is 7.43. The van der Waals surface area contributed by atoms with Gasteiger partial charge in [-0.05, 0) is 29.7 Å². The van der Waals surface area contributed by atoms with E-state index in [1.165, 1.54) is 39.1 Å². The van der Waals surface area contributed by atoms with E-state index in [1.807, 2.05) is 11.3 Å². The topological polar surface area (TPSA) is 15.3 Å². The van der Waals surface area contributed by atoms with Crippen molar-refractivity contribution in [3.8, 4) is 0 Å². The van der Waals surface area contributed by atoms with E-state index < -0.39 is 0 Å². The molecule has 0 amide bonds. The van der Waals surface area contributed by atoms with E-state index in [9.17, 15) is 0 Å². The Hall–Kier alpha value is 0.200. The normalized spacial score (nSPS) is 28.0. The third-order valence-corrected chi connectivity index (χ3v) is 4.54. The van der Waals surface area contributed by atoms with Gasteiger partial charge in [0.1, 0.15) is 0 Å². The van der Waals surface area contributed by atoms with Crippen molar-refractivity contribution in [2.75, 3.05) is 32.7 Å². The first-order valence-electron chi connectivity index (χ1n) is 5.90. The first-order valence-corrected chi connectivity index (χ1v) is 6.78. The summed E-state index contributed by atoms with van der Waals surface area (Å²) >= 11 is 1.93. The minimum absolute atomic E-state index is 0. The van der Waals surface area contributed by atoms with Gasteiger partial charge in [0, 0.05) is 37.6 Å². The molecule has 0 bridgehead atoms. The first kappa shape index (κ1) is 15.3. The Morgan fingerprint density at radius 1 is 1.29 bits per heavy atom. The van der Waals surface area contributed by atoms with Gasteiger partial charge in [-0.1, -0.05) is 6.07 Å². The second-order valence-electron chi connectivity index (χ2n) is 4.67. The van der Waals surface area contributed by atoms with E-state index in [1.54, 1.807) is 4.88 Å². The maximum Gasteiger partial charge on any atom is 0.0107 e. The lowest BCUT2D eigenvalue weighted by Crippen LogP contribution is -2.44. The number of piperazine rings is 1. The zero-order chi connectivity index (χ0) is 10.1. The van der Waals surface area contributed by atoms with Crippen LogP contribution in [0.15, 0.2) is 17.5 Å². The van der Waals surface area contributed by atoms with Crippen LogP contribution in [0.4, 0.5) is 0 Å². The Morgan fingerprint density at radius 2 is 2.06 bits per heavy atom. The highest BCUT2D eigenvalue weighted by Crippen LogP contribution is 2.49. The van der Waals surface area contributed by atoms with Gasteiger partial charge in [0.05, 0.1) is 0 Å². The standard InChI is InChI=1S/C12H18N2S.2ClH/c1-2-12(15-7-1)11-8-10(11)9-14-5-3-13-4-6-14;;/h1-2,7,10-11,13H,3-6,8-9H2;2*1H. The number of hydrogen-bond donors (Lipinski definition) is 1. The molecule has 1 aromatic heterocycles. The number of nitrogens with one attached hydrogen (secondary N) is 1. The molecule has 17 heavy (non-hydrogen) atoms. The van der Waals surface area contributed by atoms with Crippen molar-refractivity contribution in [2.24, 2.45) is 5.92 Å². The van der Waals surface area contributed by atoms with Gasteiger partial charge in [0.25, 0.3) is 0 Å². The zero-order valence-corrected chi connectivity index (χ0v) is 12.3. The van der Waals surface area contributed by atoms with Crippen LogP contribution in [0.3, 0.4) is 0 Å². The van der Waals surface area contributed by atoms with E-state index in [0.717, 1.165) is 11.8 Å². The van der Waals surface area contributed by atoms with Crippen LogP contribution >= 0.6 is 36.2 Å². The molecule has 1 saturated heterocycles. The van der Waals surface area contributed by atoms with Crippen LogP contribution in [0.2, 0.25) is 0 Å². The minimum atomic E-state index is 0. The van der Waals surface area contributed by atoms with Gasteiger partial charge in [0.2, 0.25) is 0 Å². The second kappa shape index (κ2) is 6.95. The fourth-order valence-corrected chi connectivity index (χ4v) is 3.46. The maximum atomic E-state index is 3.41. The molecule has 0 spiro atoms. The van der Waals surface area contributed by atoms with Crippen molar-refractivity contribution in [1.29, 1.82) is 0 Å². The number of nitrogens with zero attached hydrogens (tertiary/aromatic N) is 1. The quantitative estimate of drug-likeness (QED) is 0.922. The largest absolute Gasteiger partial charge is 0.314 e. The van der Waals surface area contributed by atoms with Crippen LogP contribution in [-0.2, 0) is 0 Å². The number of rotatable bonds is 3. The average molecular weight is 295 g/mol. The summed E-state index contributed by atoms with van der Waals surface area (Å²) in [6.07, 6.45) is 1.42. The summed E-state index contributed by atoms with van der Waals surface area (Å²) in [5, 5.41) is 5.61. The molecule has 1 aliphatic carbocycles. The lowest BCUT2D eigenvalue weighted by Gasteiger charge is -2.27. The molecular formula is C12H20Cl2N2S. The molecule has 98 valence electrons. The summed E-state index contributed by atoms with van der Waals surface area (Å²) in [5.41, 5.74) is 0. The Labute approximate surface area is 120 Å². The molecule has 2 unspecified atom stereocenters. The number of thiophene rings is 1. The minimum Gasteiger partial charge on any atom is -0.314 e. The number of halogens is 2. The predicted molar refractivity (Wildman–Crippen MR) is 79.0 cm³/mol. The van der Waals surface area contributed by atoms with E-state index in [0.29, 0.717) is 0 Å². The molecule has 3 rings (SSSR count). The smallest absolute Gasteiger partial charge is 0.0107 e. The summed E-state index contributed by atoms with van der Waals surface area (Å²) in [5.74, 6) is 1.83. The van der Waals surface area contributed by atoms with Crippen molar-refractivity contribution in [3.05, 3.63) is 22.4 Å². The van der Waals surface area contributed by atoms with E-state index in [-0.39, 0.29) is 24.8 Å². The van der Waals surface area contributed by atoms with Gasteiger partial charge < -0.3 is 10.2 Å². The zero-order valence-electron chi connectivity index (χ0n) is 9.80. The summed E-state index contributed by atoms with van der Waals surface area (Å²) in [6.45, 7) is 6.17. The molecule has 1 aromatic rings. The van der Waals surface area contributed by atoms with Crippen LogP contribution in [0.1, 0.15) is 17.2 Å². The lowest BCUT2D eigenvalue weighted by molar-refractivity contribution is 0.231. The second-order valence-corrected chi connectivity index (χ2v) is 5.65. The highest BCUT2D eigenvalue weighted by Gasteiger charge is 2.39. The van der Waals surface area contributed by atoms with E-state index in [2.05, 4.69) is 27.7 Å². The van der Waals surface area contributed by atoms with Gasteiger partial charge in [0.15, 0.2) is 0 Å². The van der Waals surface area contributed by atoms with Crippen molar-refractivity contribution in [1.82, 2.24) is 10.2 Å². The molecule has 5 heteroatoms.